The van der Waals surface area contributed by atoms with Gasteiger partial charge in [0.1, 0.15) is 17.6 Å². The molecule has 50 heavy (non-hydrogen) atoms. The predicted octanol–water partition coefficient (Wildman–Crippen LogP) is 4.78. The molecule has 1 aromatic carbocycles. The molecule has 272 valence electrons. The molecule has 0 spiro atoms. The van der Waals surface area contributed by atoms with E-state index in [1.54, 1.807) is 19.1 Å². The van der Waals surface area contributed by atoms with E-state index in [1.165, 1.54) is 27.9 Å². The van der Waals surface area contributed by atoms with Gasteiger partial charge in [0, 0.05) is 50.0 Å². The average Bonchev–Trinajstić information content (AvgIpc) is 3.33. The summed E-state index contributed by atoms with van der Waals surface area (Å²) in [4.78, 5) is 66.5. The topological polar surface area (TPSA) is 175 Å². The highest BCUT2D eigenvalue weighted by Crippen LogP contribution is 2.48. The van der Waals surface area contributed by atoms with Gasteiger partial charge < -0.3 is 34.5 Å². The molecule has 5 bridgehead atoms. The van der Waals surface area contributed by atoms with Crippen LogP contribution >= 0.6 is 0 Å². The lowest BCUT2D eigenvalue weighted by molar-refractivity contribution is -0.163. The Morgan fingerprint density at radius 3 is 2.26 bits per heavy atom. The first-order valence-corrected chi connectivity index (χ1v) is 17.0. The van der Waals surface area contributed by atoms with Gasteiger partial charge >= 0.3 is 5.97 Å². The van der Waals surface area contributed by atoms with Crippen LogP contribution in [0.4, 0.5) is 0 Å². The number of carbonyl (C=O) groups excluding carboxylic acids is 5. The third-order valence-electron chi connectivity index (χ3n) is 10.7. The summed E-state index contributed by atoms with van der Waals surface area (Å²) >= 11 is 0. The number of amides is 1. The Balaban J connectivity index is 1.79. The van der Waals surface area contributed by atoms with E-state index in [4.69, 9.17) is 18.9 Å². The number of carbonyl (C=O) groups is 5. The number of aliphatic hydroxyl groups excluding tert-OH is 1. The number of nitrogens with one attached hydrogen (secondary N) is 1. The smallest absolute Gasteiger partial charge is 0.302 e. The third kappa shape index (κ3) is 7.19. The van der Waals surface area contributed by atoms with Gasteiger partial charge in [0.15, 0.2) is 5.78 Å². The SMILES string of the molecule is CO[C@@H]1CCO[C@@]2(C)Oc3c(C)c(O)c4c(c3C2=O)C(=O)C=C(NC(=O)/C(C)=C\C=C[C@H](C)[C@H](C)[C@@H](C)[C@@H](O)[C@@H](C)[C@H](OC(C)=O)[C@H]1C)C4=O. The summed E-state index contributed by atoms with van der Waals surface area (Å²) in [6.45, 7) is 15.3. The fourth-order valence-corrected chi connectivity index (χ4v) is 7.08. The van der Waals surface area contributed by atoms with Crippen LogP contribution in [0.5, 0.6) is 11.5 Å². The number of fused-ring (bicyclic) bond motifs is 15. The molecule has 5 rings (SSSR count). The van der Waals surface area contributed by atoms with Crippen LogP contribution in [-0.4, -0.2) is 77.3 Å². The van der Waals surface area contributed by atoms with E-state index in [-0.39, 0.29) is 64.5 Å². The lowest BCUT2D eigenvalue weighted by atomic mass is 9.75. The predicted molar refractivity (Wildman–Crippen MR) is 183 cm³/mol. The van der Waals surface area contributed by atoms with Crippen molar-refractivity contribution in [2.75, 3.05) is 13.7 Å². The van der Waals surface area contributed by atoms with Crippen LogP contribution in [0, 0.1) is 36.5 Å². The lowest BCUT2D eigenvalue weighted by Gasteiger charge is -2.39. The summed E-state index contributed by atoms with van der Waals surface area (Å²) in [6, 6.07) is 0. The minimum Gasteiger partial charge on any atom is -0.507 e. The van der Waals surface area contributed by atoms with Crippen molar-refractivity contribution in [3.05, 3.63) is 57.8 Å². The molecule has 0 saturated carbocycles. The number of hydrogen-bond donors (Lipinski definition) is 3. The average molecular weight is 696 g/mol. The molecular formula is C38H49NO11. The summed E-state index contributed by atoms with van der Waals surface area (Å²) < 4.78 is 23.6. The highest BCUT2D eigenvalue weighted by Gasteiger charge is 2.51. The van der Waals surface area contributed by atoms with Crippen molar-refractivity contribution in [3.63, 3.8) is 0 Å². The normalized spacial score (nSPS) is 33.7. The second-order valence-corrected chi connectivity index (χ2v) is 14.0. The Hall–Kier alpha value is -4.13. The summed E-state index contributed by atoms with van der Waals surface area (Å²) in [5.41, 5.74) is -0.979. The number of rotatable bonds is 2. The van der Waals surface area contributed by atoms with Gasteiger partial charge in [-0.3, -0.25) is 24.0 Å². The molecule has 0 fully saturated rings. The molecule has 1 aromatic rings. The van der Waals surface area contributed by atoms with Gasteiger partial charge in [-0.2, -0.15) is 0 Å². The first kappa shape index (κ1) is 38.7. The molecule has 0 unspecified atom stereocenters. The minimum atomic E-state index is -1.91. The van der Waals surface area contributed by atoms with Crippen LogP contribution < -0.4 is 10.1 Å². The molecule has 4 aliphatic rings. The molecule has 0 radical (unpaired) electrons. The number of hydrogen-bond acceptors (Lipinski definition) is 11. The highest BCUT2D eigenvalue weighted by atomic mass is 16.7. The molecule has 0 aromatic heterocycles. The van der Waals surface area contributed by atoms with Gasteiger partial charge in [-0.15, -0.1) is 0 Å². The van der Waals surface area contributed by atoms with Gasteiger partial charge in [0.05, 0.1) is 41.2 Å². The Labute approximate surface area is 292 Å². The summed E-state index contributed by atoms with van der Waals surface area (Å²) in [5, 5.41) is 25.2. The zero-order valence-corrected chi connectivity index (χ0v) is 30.4. The van der Waals surface area contributed by atoms with Crippen molar-refractivity contribution in [3.8, 4) is 11.5 Å². The number of aromatic hydroxyl groups is 1. The molecule has 3 heterocycles. The van der Waals surface area contributed by atoms with Gasteiger partial charge in [-0.25, -0.2) is 0 Å². The van der Waals surface area contributed by atoms with E-state index in [9.17, 15) is 34.2 Å². The summed E-state index contributed by atoms with van der Waals surface area (Å²) in [6.07, 6.45) is 4.22. The van der Waals surface area contributed by atoms with Gasteiger partial charge in [0.2, 0.25) is 11.6 Å². The molecule has 1 amide bonds. The Morgan fingerprint density at radius 1 is 0.980 bits per heavy atom. The number of aliphatic hydroxyl groups is 1. The van der Waals surface area contributed by atoms with Crippen LogP contribution in [0.1, 0.15) is 98.4 Å². The van der Waals surface area contributed by atoms with E-state index in [1.807, 2.05) is 40.7 Å². The van der Waals surface area contributed by atoms with Crippen LogP contribution in [0.3, 0.4) is 0 Å². The van der Waals surface area contributed by atoms with Crippen molar-refractivity contribution in [2.45, 2.75) is 92.8 Å². The number of phenolic OH excluding ortho intramolecular Hbond substituents is 1. The van der Waals surface area contributed by atoms with E-state index in [0.29, 0.717) is 0 Å². The van der Waals surface area contributed by atoms with Crippen LogP contribution in [0.2, 0.25) is 0 Å². The first-order chi connectivity index (χ1) is 23.4. The standard InChI is InChI=1S/C38H49NO11/c1-17-12-11-13-18(2)37(46)39-25-16-26(41)28-29(33(25)44)32(43)23(7)35-30(28)36(45)38(9,50-35)48-15-14-27(47-10)21(5)34(49-24(8)40)22(6)31(42)20(4)19(17)3/h11-13,16-17,19-22,27,31,34,42-43H,14-15H2,1-10H3,(H,39,46)/b12-11?,18-13-/t17-,19-,20+,21-,22+,27+,31+,34+,38-/m0/s1. The molecule has 3 aliphatic heterocycles. The number of ketones is 3. The van der Waals surface area contributed by atoms with Gasteiger partial charge in [-0.1, -0.05) is 52.8 Å². The van der Waals surface area contributed by atoms with Crippen molar-refractivity contribution in [1.82, 2.24) is 5.32 Å². The monoisotopic (exact) mass is 695 g/mol. The number of phenols is 1. The molecule has 1 aliphatic carbocycles. The fraction of sp³-hybridized carbons (Fsp3) is 0.553. The van der Waals surface area contributed by atoms with E-state index in [2.05, 4.69) is 5.32 Å². The van der Waals surface area contributed by atoms with E-state index in [0.717, 1.165) is 6.08 Å². The number of allylic oxidation sites excluding steroid dienone is 5. The number of Topliss-reactive ketones (excluding diaryl/α,β-unsaturated/α-hetero) is 2. The number of esters is 1. The van der Waals surface area contributed by atoms with Crippen LogP contribution in [0.15, 0.2) is 35.6 Å². The van der Waals surface area contributed by atoms with Gasteiger partial charge in [-0.05, 0) is 38.0 Å². The Kier molecular flexibility index (Phi) is 11.6. The summed E-state index contributed by atoms with van der Waals surface area (Å²) in [5.74, 6) is -7.20. The quantitative estimate of drug-likeness (QED) is 0.363. The van der Waals surface area contributed by atoms with Crippen LogP contribution in [0.25, 0.3) is 0 Å². The van der Waals surface area contributed by atoms with E-state index < -0.39 is 76.5 Å². The fourth-order valence-electron chi connectivity index (χ4n) is 7.08. The molecule has 3 N–H and O–H groups in total. The number of methoxy groups -OCH3 is 1. The number of benzene rings is 1. The summed E-state index contributed by atoms with van der Waals surface area (Å²) in [7, 11) is 1.51. The molecule has 12 heteroatoms. The largest absolute Gasteiger partial charge is 0.507 e. The Bertz CT molecular complexity index is 1670. The van der Waals surface area contributed by atoms with Crippen molar-refractivity contribution in [1.29, 1.82) is 0 Å². The van der Waals surface area contributed by atoms with Crippen molar-refractivity contribution >= 4 is 29.2 Å². The first-order valence-electron chi connectivity index (χ1n) is 17.0. The minimum absolute atomic E-state index is 0.0288. The highest BCUT2D eigenvalue weighted by molar-refractivity contribution is 6.30. The van der Waals surface area contributed by atoms with E-state index >= 15 is 0 Å². The zero-order valence-electron chi connectivity index (χ0n) is 30.4. The number of ether oxygens (including phenoxy) is 4. The molecule has 0 saturated heterocycles. The van der Waals surface area contributed by atoms with Crippen molar-refractivity contribution in [2.24, 2.45) is 29.6 Å². The maximum atomic E-state index is 13.9. The molecule has 9 atom stereocenters. The van der Waals surface area contributed by atoms with Gasteiger partial charge in [0.25, 0.3) is 11.7 Å². The third-order valence-corrected chi connectivity index (χ3v) is 10.7. The molecule has 12 nitrogen and oxygen atoms in total. The van der Waals surface area contributed by atoms with Crippen LogP contribution in [-0.2, 0) is 23.8 Å². The second-order valence-electron chi connectivity index (χ2n) is 14.0. The maximum Gasteiger partial charge on any atom is 0.302 e. The maximum absolute atomic E-state index is 13.9. The lowest BCUT2D eigenvalue weighted by Crippen LogP contribution is -2.46. The molecular weight excluding hydrogens is 646 g/mol. The second kappa shape index (κ2) is 15.0. The Morgan fingerprint density at radius 2 is 1.64 bits per heavy atom. The zero-order chi connectivity index (χ0) is 37.4. The van der Waals surface area contributed by atoms with Crippen molar-refractivity contribution < 1.29 is 53.1 Å².